The number of benzene rings is 2. The lowest BCUT2D eigenvalue weighted by Gasteiger charge is -2.32. The van der Waals surface area contributed by atoms with Crippen LogP contribution in [0, 0.1) is 5.92 Å². The van der Waals surface area contributed by atoms with Crippen LogP contribution in [0.15, 0.2) is 52.3 Å². The average Bonchev–Trinajstić information content (AvgIpc) is 3.28. The standard InChI is InChI=1S/C26H27F3N4OS.2ClH/c27-26(28,29)18-7-2-1-5-16(18)6-3-8-19(17-11-13-30-14-12-17)31-25(34)23-15-21-24-20(32-33-21)9-4-10-22(24)35-23;;/h1-2,4-5,7,9-10,15,17,19,30H,3,6,8,11-14H2,(H,31,34)(H,32,33);2*1H. The molecule has 0 bridgehead atoms. The van der Waals surface area contributed by atoms with E-state index < -0.39 is 11.7 Å². The summed E-state index contributed by atoms with van der Waals surface area (Å²) < 4.78 is 40.2. The maximum absolute atomic E-state index is 13.4. The summed E-state index contributed by atoms with van der Waals surface area (Å²) in [7, 11) is 0. The van der Waals surface area contributed by atoms with Crippen molar-refractivity contribution in [3.8, 4) is 0 Å². The van der Waals surface area contributed by atoms with Gasteiger partial charge < -0.3 is 10.6 Å². The molecule has 0 radical (unpaired) electrons. The lowest BCUT2D eigenvalue weighted by molar-refractivity contribution is -0.138. The molecule has 1 atom stereocenters. The van der Waals surface area contributed by atoms with Gasteiger partial charge in [-0.1, -0.05) is 36.0 Å². The van der Waals surface area contributed by atoms with Gasteiger partial charge in [0.1, 0.15) is 0 Å². The number of carbonyl (C=O) groups is 1. The highest BCUT2D eigenvalue weighted by molar-refractivity contribution is 8.04. The second-order valence-electron chi connectivity index (χ2n) is 9.11. The number of carbonyl (C=O) groups excluding carboxylic acids is 1. The van der Waals surface area contributed by atoms with Crippen molar-refractivity contribution in [2.45, 2.75) is 49.2 Å². The number of aromatic nitrogens is 2. The van der Waals surface area contributed by atoms with Crippen molar-refractivity contribution in [3.05, 3.63) is 64.2 Å². The van der Waals surface area contributed by atoms with Crippen LogP contribution in [0.2, 0.25) is 0 Å². The van der Waals surface area contributed by atoms with E-state index in [4.69, 9.17) is 0 Å². The minimum absolute atomic E-state index is 0. The van der Waals surface area contributed by atoms with Gasteiger partial charge in [-0.2, -0.15) is 18.3 Å². The molecule has 1 saturated heterocycles. The van der Waals surface area contributed by atoms with E-state index in [2.05, 4.69) is 20.8 Å². The Morgan fingerprint density at radius 2 is 1.86 bits per heavy atom. The molecule has 2 aromatic carbocycles. The zero-order valence-electron chi connectivity index (χ0n) is 19.9. The van der Waals surface area contributed by atoms with E-state index in [9.17, 15) is 18.0 Å². The molecule has 3 N–H and O–H groups in total. The SMILES string of the molecule is Cl.Cl.O=C(NC(CCCc1ccccc1C(F)(F)F)C1CCNCC1)C1=Cc2[nH]nc3cccc(c23)S1. The van der Waals surface area contributed by atoms with Crippen LogP contribution in [-0.4, -0.2) is 35.2 Å². The first-order valence-electron chi connectivity index (χ1n) is 11.9. The van der Waals surface area contributed by atoms with Crippen molar-refractivity contribution in [1.82, 2.24) is 20.8 Å². The molecule has 3 heterocycles. The lowest BCUT2D eigenvalue weighted by Crippen LogP contribution is -2.44. The maximum Gasteiger partial charge on any atom is 0.416 e. The molecule has 0 spiro atoms. The number of piperidine rings is 1. The fourth-order valence-corrected chi connectivity index (χ4v) is 6.11. The number of H-pyrrole nitrogens is 1. The lowest BCUT2D eigenvalue weighted by atomic mass is 9.86. The molecule has 37 heavy (non-hydrogen) atoms. The number of hydrogen-bond donors (Lipinski definition) is 3. The van der Waals surface area contributed by atoms with Gasteiger partial charge in [0, 0.05) is 16.3 Å². The van der Waals surface area contributed by atoms with Gasteiger partial charge in [-0.25, -0.2) is 0 Å². The van der Waals surface area contributed by atoms with E-state index in [0.29, 0.717) is 35.6 Å². The molecule has 2 aliphatic heterocycles. The number of rotatable bonds is 7. The summed E-state index contributed by atoms with van der Waals surface area (Å²) in [5, 5.41) is 14.9. The molecule has 1 fully saturated rings. The fourth-order valence-electron chi connectivity index (χ4n) is 5.08. The molecule has 5 rings (SSSR count). The van der Waals surface area contributed by atoms with Crippen LogP contribution in [0.1, 0.15) is 42.5 Å². The van der Waals surface area contributed by atoms with E-state index >= 15 is 0 Å². The van der Waals surface area contributed by atoms with Gasteiger partial charge in [0.2, 0.25) is 0 Å². The summed E-state index contributed by atoms with van der Waals surface area (Å²) >= 11 is 1.43. The smallest absolute Gasteiger partial charge is 0.349 e. The quantitative estimate of drug-likeness (QED) is 0.307. The third-order valence-corrected chi connectivity index (χ3v) is 7.93. The maximum atomic E-state index is 13.4. The largest absolute Gasteiger partial charge is 0.416 e. The third-order valence-electron chi connectivity index (χ3n) is 6.84. The monoisotopic (exact) mass is 572 g/mol. The zero-order valence-corrected chi connectivity index (χ0v) is 22.4. The minimum Gasteiger partial charge on any atom is -0.349 e. The van der Waals surface area contributed by atoms with Crippen molar-refractivity contribution in [3.63, 3.8) is 0 Å². The summed E-state index contributed by atoms with van der Waals surface area (Å²) in [6, 6.07) is 11.5. The first-order valence-corrected chi connectivity index (χ1v) is 12.7. The number of halogens is 5. The van der Waals surface area contributed by atoms with Crippen LogP contribution in [-0.2, 0) is 17.4 Å². The molecule has 0 aliphatic carbocycles. The van der Waals surface area contributed by atoms with Crippen molar-refractivity contribution >= 4 is 59.5 Å². The Bertz CT molecular complexity index is 1260. The van der Waals surface area contributed by atoms with E-state index in [1.165, 1.54) is 17.8 Å². The zero-order chi connectivity index (χ0) is 24.4. The normalized spacial score (nSPS) is 16.4. The van der Waals surface area contributed by atoms with E-state index in [-0.39, 0.29) is 36.8 Å². The van der Waals surface area contributed by atoms with Crippen LogP contribution in [0.4, 0.5) is 13.2 Å². The summed E-state index contributed by atoms with van der Waals surface area (Å²) in [4.78, 5) is 14.9. The Hall–Kier alpha value is -2.20. The van der Waals surface area contributed by atoms with Crippen LogP contribution >= 0.6 is 36.6 Å². The van der Waals surface area contributed by atoms with Gasteiger partial charge in [-0.3, -0.25) is 9.89 Å². The second-order valence-corrected chi connectivity index (χ2v) is 10.2. The van der Waals surface area contributed by atoms with E-state index in [0.717, 1.165) is 53.5 Å². The summed E-state index contributed by atoms with van der Waals surface area (Å²) in [5.74, 6) is 0.143. The van der Waals surface area contributed by atoms with Crippen LogP contribution in [0.5, 0.6) is 0 Å². The number of amides is 1. The van der Waals surface area contributed by atoms with Crippen LogP contribution < -0.4 is 10.6 Å². The third kappa shape index (κ3) is 6.63. The van der Waals surface area contributed by atoms with Crippen LogP contribution in [0.3, 0.4) is 0 Å². The molecule has 5 nitrogen and oxygen atoms in total. The molecule has 1 amide bonds. The van der Waals surface area contributed by atoms with Crippen molar-refractivity contribution in [1.29, 1.82) is 0 Å². The van der Waals surface area contributed by atoms with Crippen molar-refractivity contribution < 1.29 is 18.0 Å². The highest BCUT2D eigenvalue weighted by Gasteiger charge is 2.33. The average molecular weight is 574 g/mol. The van der Waals surface area contributed by atoms with Crippen molar-refractivity contribution in [2.24, 2.45) is 5.92 Å². The molecule has 3 aromatic rings. The van der Waals surface area contributed by atoms with Gasteiger partial charge in [0.15, 0.2) is 0 Å². The molecule has 2 aliphatic rings. The Kier molecular flexibility index (Phi) is 9.97. The highest BCUT2D eigenvalue weighted by Crippen LogP contribution is 2.40. The number of hydrogen-bond acceptors (Lipinski definition) is 4. The predicted octanol–water partition coefficient (Wildman–Crippen LogP) is 6.38. The van der Waals surface area contributed by atoms with Crippen LogP contribution in [0.25, 0.3) is 17.0 Å². The molecule has 200 valence electrons. The highest BCUT2D eigenvalue weighted by atomic mass is 35.5. The predicted molar refractivity (Wildman–Crippen MR) is 146 cm³/mol. The molecule has 1 unspecified atom stereocenters. The van der Waals surface area contributed by atoms with Gasteiger partial charge in [-0.05, 0) is 81.0 Å². The van der Waals surface area contributed by atoms with Gasteiger partial charge in [0.25, 0.3) is 5.91 Å². The topological polar surface area (TPSA) is 69.8 Å². The van der Waals surface area contributed by atoms with Gasteiger partial charge in [-0.15, -0.1) is 24.8 Å². The number of alkyl halides is 3. The Morgan fingerprint density at radius 1 is 1.11 bits per heavy atom. The number of nitrogens with one attached hydrogen (secondary N) is 3. The Balaban J connectivity index is 0.00000190. The van der Waals surface area contributed by atoms with Gasteiger partial charge >= 0.3 is 6.18 Å². The molecule has 0 saturated carbocycles. The molecule has 11 heteroatoms. The minimum atomic E-state index is -4.36. The fraction of sp³-hybridized carbons (Fsp3) is 0.385. The van der Waals surface area contributed by atoms with Crippen molar-refractivity contribution in [2.75, 3.05) is 13.1 Å². The first-order chi connectivity index (χ1) is 16.9. The van der Waals surface area contributed by atoms with E-state index in [1.807, 2.05) is 24.3 Å². The number of thioether (sulfide) groups is 1. The number of aryl methyl sites for hydroxylation is 1. The second kappa shape index (κ2) is 12.6. The van der Waals surface area contributed by atoms with Gasteiger partial charge in [0.05, 0.1) is 21.7 Å². The summed E-state index contributed by atoms with van der Waals surface area (Å²) in [6.07, 6.45) is 0.855. The molecule has 1 aromatic heterocycles. The van der Waals surface area contributed by atoms with E-state index in [1.54, 1.807) is 12.1 Å². The molecular weight excluding hydrogens is 544 g/mol. The summed E-state index contributed by atoms with van der Waals surface area (Å²) in [6.45, 7) is 1.76. The Morgan fingerprint density at radius 3 is 2.62 bits per heavy atom. The molecular formula is C26H29Cl2F3N4OS. The Labute approximate surface area is 230 Å². The first kappa shape index (κ1) is 29.4. The summed E-state index contributed by atoms with van der Waals surface area (Å²) in [5.41, 5.74) is 1.42. The number of nitrogens with zero attached hydrogens (tertiary/aromatic N) is 1. The number of aromatic amines is 1.